The molecule has 0 aliphatic carbocycles. The van der Waals surface area contributed by atoms with E-state index in [4.69, 9.17) is 4.74 Å². The molecular formula is C21H33IN6OS. The van der Waals surface area contributed by atoms with E-state index in [-0.39, 0.29) is 29.4 Å². The van der Waals surface area contributed by atoms with Gasteiger partial charge in [-0.3, -0.25) is 4.99 Å². The van der Waals surface area contributed by atoms with Gasteiger partial charge in [-0.2, -0.15) is 4.37 Å². The number of nitrogens with zero attached hydrogens (tertiary/aromatic N) is 5. The molecule has 0 spiro atoms. The lowest BCUT2D eigenvalue weighted by Crippen LogP contribution is -2.54. The first-order valence-electron chi connectivity index (χ1n) is 10.1. The summed E-state index contributed by atoms with van der Waals surface area (Å²) >= 11 is 1.50. The molecule has 166 valence electrons. The van der Waals surface area contributed by atoms with E-state index < -0.39 is 0 Å². The predicted molar refractivity (Wildman–Crippen MR) is 136 cm³/mol. The summed E-state index contributed by atoms with van der Waals surface area (Å²) in [5, 5.41) is 4.61. The number of aliphatic imine (C=N–C) groups is 1. The van der Waals surface area contributed by atoms with Gasteiger partial charge in [-0.25, -0.2) is 4.98 Å². The smallest absolute Gasteiger partial charge is 0.205 e. The van der Waals surface area contributed by atoms with Crippen LogP contribution in [-0.2, 0) is 11.8 Å². The first-order valence-corrected chi connectivity index (χ1v) is 10.9. The van der Waals surface area contributed by atoms with Crippen LogP contribution in [0.5, 0.6) is 5.75 Å². The van der Waals surface area contributed by atoms with Crippen LogP contribution in [0.4, 0.5) is 5.13 Å². The second-order valence-corrected chi connectivity index (χ2v) is 8.57. The number of piperazine rings is 1. The molecule has 0 amide bonds. The molecule has 0 radical (unpaired) electrons. The summed E-state index contributed by atoms with van der Waals surface area (Å²) in [6, 6.07) is 8.28. The van der Waals surface area contributed by atoms with E-state index in [1.807, 2.05) is 19.2 Å². The van der Waals surface area contributed by atoms with Crippen molar-refractivity contribution in [3.63, 3.8) is 0 Å². The van der Waals surface area contributed by atoms with Gasteiger partial charge in [-0.1, -0.05) is 32.9 Å². The summed E-state index contributed by atoms with van der Waals surface area (Å²) in [6.45, 7) is 11.1. The van der Waals surface area contributed by atoms with Gasteiger partial charge in [0.2, 0.25) is 5.13 Å². The minimum absolute atomic E-state index is 0. The van der Waals surface area contributed by atoms with Gasteiger partial charge in [0.05, 0.1) is 7.11 Å². The van der Waals surface area contributed by atoms with Crippen LogP contribution in [0.3, 0.4) is 0 Å². The highest BCUT2D eigenvalue weighted by Crippen LogP contribution is 2.26. The predicted octanol–water partition coefficient (Wildman–Crippen LogP) is 3.40. The number of aryl methyl sites for hydroxylation is 1. The average Bonchev–Trinajstić information content (AvgIpc) is 3.24. The van der Waals surface area contributed by atoms with Crippen molar-refractivity contribution in [2.45, 2.75) is 32.6 Å². The second-order valence-electron chi connectivity index (χ2n) is 7.84. The molecular weight excluding hydrogens is 511 g/mol. The van der Waals surface area contributed by atoms with E-state index in [9.17, 15) is 0 Å². The number of nitrogens with one attached hydrogen (secondary N) is 1. The molecule has 1 aromatic heterocycles. The summed E-state index contributed by atoms with van der Waals surface area (Å²) in [4.78, 5) is 13.8. The van der Waals surface area contributed by atoms with Gasteiger partial charge < -0.3 is 19.9 Å². The molecule has 0 unspecified atom stereocenters. The molecule has 0 atom stereocenters. The summed E-state index contributed by atoms with van der Waals surface area (Å²) in [7, 11) is 3.56. The molecule has 0 bridgehead atoms. The van der Waals surface area contributed by atoms with E-state index in [2.05, 4.69) is 62.4 Å². The lowest BCUT2D eigenvalue weighted by molar-refractivity contribution is 0.366. The number of halogens is 1. The fourth-order valence-corrected chi connectivity index (χ4v) is 4.21. The monoisotopic (exact) mass is 544 g/mol. The Labute approximate surface area is 201 Å². The Balaban J connectivity index is 0.00000320. The highest BCUT2D eigenvalue weighted by atomic mass is 127. The van der Waals surface area contributed by atoms with Crippen LogP contribution < -0.4 is 15.0 Å². The van der Waals surface area contributed by atoms with Crippen molar-refractivity contribution in [3.05, 3.63) is 35.7 Å². The van der Waals surface area contributed by atoms with E-state index in [0.29, 0.717) is 0 Å². The minimum atomic E-state index is -0.0462. The molecule has 1 aliphatic rings. The number of aromatic nitrogens is 2. The maximum atomic E-state index is 5.38. The normalized spacial score (nSPS) is 15.0. The quantitative estimate of drug-likeness (QED) is 0.342. The van der Waals surface area contributed by atoms with Crippen molar-refractivity contribution in [1.29, 1.82) is 0 Å². The highest BCUT2D eigenvalue weighted by Gasteiger charge is 2.25. The van der Waals surface area contributed by atoms with Crippen LogP contribution in [0.1, 0.15) is 32.2 Å². The fraction of sp³-hybridized carbons (Fsp3) is 0.571. The van der Waals surface area contributed by atoms with Gasteiger partial charge in [0.1, 0.15) is 11.6 Å². The second kappa shape index (κ2) is 11.1. The lowest BCUT2D eigenvalue weighted by Gasteiger charge is -2.37. The number of benzene rings is 1. The number of methoxy groups -OCH3 is 1. The number of anilines is 1. The molecule has 2 heterocycles. The van der Waals surface area contributed by atoms with Crippen molar-refractivity contribution in [1.82, 2.24) is 19.6 Å². The van der Waals surface area contributed by atoms with E-state index in [1.165, 1.54) is 17.1 Å². The van der Waals surface area contributed by atoms with Gasteiger partial charge in [-0.15, -0.1) is 24.0 Å². The van der Waals surface area contributed by atoms with Crippen molar-refractivity contribution >= 4 is 46.6 Å². The third kappa shape index (κ3) is 5.96. The minimum Gasteiger partial charge on any atom is -0.497 e. The lowest BCUT2D eigenvalue weighted by atomic mass is 9.84. The van der Waals surface area contributed by atoms with Crippen LogP contribution in [-0.4, -0.2) is 67.1 Å². The van der Waals surface area contributed by atoms with Gasteiger partial charge in [-0.05, 0) is 17.7 Å². The van der Waals surface area contributed by atoms with Crippen LogP contribution in [0.15, 0.2) is 29.3 Å². The summed E-state index contributed by atoms with van der Waals surface area (Å²) in [5.41, 5.74) is 1.20. The van der Waals surface area contributed by atoms with Crippen LogP contribution in [0.2, 0.25) is 0 Å². The Morgan fingerprint density at radius 2 is 2.00 bits per heavy atom. The zero-order valence-corrected chi connectivity index (χ0v) is 21.7. The Hall–Kier alpha value is -1.62. The maximum absolute atomic E-state index is 5.38. The number of rotatable bonds is 6. The Morgan fingerprint density at radius 3 is 2.60 bits per heavy atom. The fourth-order valence-electron chi connectivity index (χ4n) is 3.40. The van der Waals surface area contributed by atoms with Crippen molar-refractivity contribution in [2.75, 3.05) is 51.8 Å². The molecule has 9 heteroatoms. The third-order valence-corrected chi connectivity index (χ3v) is 6.19. The molecule has 7 nitrogen and oxygen atoms in total. The molecule has 3 rings (SSSR count). The van der Waals surface area contributed by atoms with Gasteiger partial charge in [0.15, 0.2) is 5.96 Å². The Morgan fingerprint density at radius 1 is 1.27 bits per heavy atom. The first kappa shape index (κ1) is 24.6. The highest BCUT2D eigenvalue weighted by molar-refractivity contribution is 14.0. The molecule has 2 aromatic rings. The van der Waals surface area contributed by atoms with E-state index >= 15 is 0 Å². The van der Waals surface area contributed by atoms with Gasteiger partial charge in [0.25, 0.3) is 0 Å². The topological polar surface area (TPSA) is 65.9 Å². The zero-order chi connectivity index (χ0) is 20.9. The van der Waals surface area contributed by atoms with Crippen LogP contribution >= 0.6 is 35.5 Å². The van der Waals surface area contributed by atoms with Crippen molar-refractivity contribution in [3.8, 4) is 5.75 Å². The molecule has 1 aliphatic heterocycles. The summed E-state index contributed by atoms with van der Waals surface area (Å²) < 4.78 is 9.79. The number of hydrogen-bond acceptors (Lipinski definition) is 6. The Bertz CT molecular complexity index is 832. The molecule has 1 aromatic carbocycles. The molecule has 1 fully saturated rings. The largest absolute Gasteiger partial charge is 0.497 e. The van der Waals surface area contributed by atoms with E-state index in [1.54, 1.807) is 7.11 Å². The van der Waals surface area contributed by atoms with Gasteiger partial charge >= 0.3 is 0 Å². The number of ether oxygens (including phenoxy) is 1. The van der Waals surface area contributed by atoms with Crippen molar-refractivity contribution < 1.29 is 4.74 Å². The third-order valence-electron chi connectivity index (χ3n) is 5.37. The number of hydrogen-bond donors (Lipinski definition) is 1. The zero-order valence-electron chi connectivity index (χ0n) is 18.5. The van der Waals surface area contributed by atoms with Crippen LogP contribution in [0, 0.1) is 0 Å². The van der Waals surface area contributed by atoms with Crippen LogP contribution in [0.25, 0.3) is 0 Å². The average molecular weight is 545 g/mol. The first-order chi connectivity index (χ1) is 14.0. The maximum Gasteiger partial charge on any atom is 0.205 e. The molecule has 1 saturated heterocycles. The SMILES string of the molecule is CCc1nsc(N2CCN(C(=NC)NCC(C)(C)c3cccc(OC)c3)CC2)n1.I. The molecule has 0 saturated carbocycles. The molecule has 30 heavy (non-hydrogen) atoms. The Kier molecular flexibility index (Phi) is 9.14. The van der Waals surface area contributed by atoms with Crippen molar-refractivity contribution in [2.24, 2.45) is 4.99 Å². The molecule has 1 N–H and O–H groups in total. The van der Waals surface area contributed by atoms with E-state index in [0.717, 1.165) is 61.8 Å². The van der Waals surface area contributed by atoms with Gasteiger partial charge in [0, 0.05) is 63.1 Å². The number of guanidine groups is 1. The summed E-state index contributed by atoms with van der Waals surface area (Å²) in [5.74, 6) is 2.77. The standard InChI is InChI=1S/C21H32N6OS.HI/c1-6-18-24-20(29-25-18)27-12-10-26(11-13-27)19(22-4)23-15-21(2,3)16-8-7-9-17(14-16)28-5;/h7-9,14H,6,10-13,15H2,1-5H3,(H,22,23);1H. The summed E-state index contributed by atoms with van der Waals surface area (Å²) in [6.07, 6.45) is 0.885.